The Morgan fingerprint density at radius 3 is 2.70 bits per heavy atom. The third kappa shape index (κ3) is 4.77. The lowest BCUT2D eigenvalue weighted by Gasteiger charge is -2.30. The summed E-state index contributed by atoms with van der Waals surface area (Å²) in [4.78, 5) is 24.2. The number of hydrogen-bond acceptors (Lipinski definition) is 3. The molecule has 0 heterocycles. The summed E-state index contributed by atoms with van der Waals surface area (Å²) in [5, 5.41) is 2.93. The molecule has 1 aliphatic carbocycles. The van der Waals surface area contributed by atoms with Gasteiger partial charge in [0.25, 0.3) is 5.91 Å². The lowest BCUT2D eigenvalue weighted by Crippen LogP contribution is -2.46. The maximum atomic E-state index is 13.7. The van der Waals surface area contributed by atoms with Gasteiger partial charge >= 0.3 is 5.97 Å². The zero-order valence-corrected chi connectivity index (χ0v) is 14.9. The predicted molar refractivity (Wildman–Crippen MR) is 88.5 cm³/mol. The molecule has 0 bridgehead atoms. The molecule has 1 amide bonds. The second-order valence-corrected chi connectivity index (χ2v) is 6.96. The van der Waals surface area contributed by atoms with E-state index in [1.54, 1.807) is 6.07 Å². The van der Waals surface area contributed by atoms with E-state index in [0.29, 0.717) is 10.4 Å². The number of carbonyl (C=O) groups excluding carboxylic acids is 2. The molecule has 4 nitrogen and oxygen atoms in total. The van der Waals surface area contributed by atoms with Gasteiger partial charge in [-0.3, -0.25) is 4.79 Å². The van der Waals surface area contributed by atoms with Crippen LogP contribution in [0.5, 0.6) is 0 Å². The Balaban J connectivity index is 1.93. The first-order valence-electron chi connectivity index (χ1n) is 7.85. The van der Waals surface area contributed by atoms with Crippen LogP contribution in [-0.4, -0.2) is 24.0 Å². The molecule has 1 saturated carbocycles. The Morgan fingerprint density at radius 1 is 1.35 bits per heavy atom. The zero-order chi connectivity index (χ0) is 17.0. The molecule has 0 aromatic heterocycles. The van der Waals surface area contributed by atoms with Crippen LogP contribution in [0.3, 0.4) is 0 Å². The molecule has 2 rings (SSSR count). The first kappa shape index (κ1) is 17.9. The molecule has 6 heteroatoms. The second-order valence-electron chi connectivity index (χ2n) is 6.05. The lowest BCUT2D eigenvalue weighted by atomic mass is 9.86. The van der Waals surface area contributed by atoms with Crippen LogP contribution >= 0.6 is 15.9 Å². The van der Waals surface area contributed by atoms with E-state index in [1.165, 1.54) is 25.5 Å². The molecule has 3 atom stereocenters. The molecule has 1 N–H and O–H groups in total. The Kier molecular flexibility index (Phi) is 6.16. The van der Waals surface area contributed by atoms with Crippen LogP contribution in [0.2, 0.25) is 0 Å². The Labute approximate surface area is 143 Å². The SMILES string of the molecule is C[C@@H]1CCCC[C@@H]1NC(=O)[C@@H](C)OC(=O)c1ccc(Br)cc1F. The number of halogens is 2. The van der Waals surface area contributed by atoms with E-state index in [0.717, 1.165) is 19.3 Å². The summed E-state index contributed by atoms with van der Waals surface area (Å²) in [5.74, 6) is -1.44. The van der Waals surface area contributed by atoms with Gasteiger partial charge in [-0.2, -0.15) is 0 Å². The van der Waals surface area contributed by atoms with Crippen LogP contribution in [0.1, 0.15) is 49.9 Å². The molecule has 1 aliphatic rings. The topological polar surface area (TPSA) is 55.4 Å². The summed E-state index contributed by atoms with van der Waals surface area (Å²) in [6, 6.07) is 4.18. The van der Waals surface area contributed by atoms with Crippen molar-refractivity contribution in [2.24, 2.45) is 5.92 Å². The molecule has 1 aromatic carbocycles. The molecular formula is C17H21BrFNO3. The maximum Gasteiger partial charge on any atom is 0.341 e. The monoisotopic (exact) mass is 385 g/mol. The number of amides is 1. The Bertz CT molecular complexity index is 593. The standard InChI is InChI=1S/C17H21BrFNO3/c1-10-5-3-4-6-15(10)20-16(21)11(2)23-17(22)13-8-7-12(18)9-14(13)19/h7-11,15H,3-6H2,1-2H3,(H,20,21)/t10-,11-,15+/m1/s1. The van der Waals surface area contributed by atoms with Gasteiger partial charge in [0.15, 0.2) is 6.10 Å². The number of carbonyl (C=O) groups is 2. The highest BCUT2D eigenvalue weighted by Gasteiger charge is 2.27. The van der Waals surface area contributed by atoms with Crippen molar-refractivity contribution in [2.75, 3.05) is 0 Å². The van der Waals surface area contributed by atoms with Crippen molar-refractivity contribution in [2.45, 2.75) is 51.7 Å². The highest BCUT2D eigenvalue weighted by atomic mass is 79.9. The largest absolute Gasteiger partial charge is 0.449 e. The van der Waals surface area contributed by atoms with Gasteiger partial charge < -0.3 is 10.1 Å². The summed E-state index contributed by atoms with van der Waals surface area (Å²) in [6.45, 7) is 3.61. The molecule has 1 fully saturated rings. The summed E-state index contributed by atoms with van der Waals surface area (Å²) < 4.78 is 19.4. The quantitative estimate of drug-likeness (QED) is 0.801. The average Bonchev–Trinajstić information content (AvgIpc) is 2.49. The van der Waals surface area contributed by atoms with E-state index < -0.39 is 17.9 Å². The number of nitrogens with one attached hydrogen (secondary N) is 1. The number of ether oxygens (including phenoxy) is 1. The van der Waals surface area contributed by atoms with Crippen molar-refractivity contribution in [3.05, 3.63) is 34.1 Å². The fourth-order valence-corrected chi connectivity index (χ4v) is 3.10. The van der Waals surface area contributed by atoms with Crippen LogP contribution in [-0.2, 0) is 9.53 Å². The van der Waals surface area contributed by atoms with Crippen LogP contribution < -0.4 is 5.32 Å². The van der Waals surface area contributed by atoms with Gasteiger partial charge in [0.2, 0.25) is 0 Å². The van der Waals surface area contributed by atoms with Gasteiger partial charge in [-0.1, -0.05) is 35.7 Å². The minimum Gasteiger partial charge on any atom is -0.449 e. The van der Waals surface area contributed by atoms with E-state index in [2.05, 4.69) is 28.2 Å². The molecular weight excluding hydrogens is 365 g/mol. The minimum absolute atomic E-state index is 0.113. The van der Waals surface area contributed by atoms with Crippen molar-refractivity contribution in [1.82, 2.24) is 5.32 Å². The molecule has 0 saturated heterocycles. The van der Waals surface area contributed by atoms with Crippen molar-refractivity contribution < 1.29 is 18.7 Å². The van der Waals surface area contributed by atoms with Crippen molar-refractivity contribution in [1.29, 1.82) is 0 Å². The fourth-order valence-electron chi connectivity index (χ4n) is 2.76. The van der Waals surface area contributed by atoms with Crippen molar-refractivity contribution in [3.8, 4) is 0 Å². The molecule has 0 unspecified atom stereocenters. The molecule has 0 radical (unpaired) electrons. The highest BCUT2D eigenvalue weighted by molar-refractivity contribution is 9.10. The molecule has 0 aliphatic heterocycles. The van der Waals surface area contributed by atoms with Crippen LogP contribution in [0.4, 0.5) is 4.39 Å². The fraction of sp³-hybridized carbons (Fsp3) is 0.529. The van der Waals surface area contributed by atoms with E-state index in [4.69, 9.17) is 4.74 Å². The lowest BCUT2D eigenvalue weighted by molar-refractivity contribution is -0.130. The van der Waals surface area contributed by atoms with E-state index in [1.807, 2.05) is 0 Å². The third-order valence-electron chi connectivity index (χ3n) is 4.24. The van der Waals surface area contributed by atoms with Gasteiger partial charge in [-0.05, 0) is 43.9 Å². The zero-order valence-electron chi connectivity index (χ0n) is 13.3. The van der Waals surface area contributed by atoms with E-state index in [-0.39, 0.29) is 17.5 Å². The highest BCUT2D eigenvalue weighted by Crippen LogP contribution is 2.24. The smallest absolute Gasteiger partial charge is 0.341 e. The number of esters is 1. The van der Waals surface area contributed by atoms with E-state index >= 15 is 0 Å². The molecule has 1 aromatic rings. The van der Waals surface area contributed by atoms with Crippen LogP contribution in [0.15, 0.2) is 22.7 Å². The number of rotatable bonds is 4. The van der Waals surface area contributed by atoms with Gasteiger partial charge in [-0.25, -0.2) is 9.18 Å². The summed E-state index contributed by atoms with van der Waals surface area (Å²) in [6.07, 6.45) is 3.34. The Morgan fingerprint density at radius 2 is 2.04 bits per heavy atom. The summed E-state index contributed by atoms with van der Waals surface area (Å²) in [7, 11) is 0. The minimum atomic E-state index is -0.959. The van der Waals surface area contributed by atoms with Crippen molar-refractivity contribution >= 4 is 27.8 Å². The number of hydrogen-bond donors (Lipinski definition) is 1. The van der Waals surface area contributed by atoms with Crippen LogP contribution in [0, 0.1) is 11.7 Å². The molecule has 0 spiro atoms. The average molecular weight is 386 g/mol. The first-order valence-corrected chi connectivity index (χ1v) is 8.64. The molecule has 23 heavy (non-hydrogen) atoms. The second kappa shape index (κ2) is 7.90. The summed E-state index contributed by atoms with van der Waals surface area (Å²) in [5.41, 5.74) is -0.182. The molecule has 126 valence electrons. The van der Waals surface area contributed by atoms with E-state index in [9.17, 15) is 14.0 Å². The third-order valence-corrected chi connectivity index (χ3v) is 4.74. The van der Waals surface area contributed by atoms with Crippen LogP contribution in [0.25, 0.3) is 0 Å². The number of benzene rings is 1. The van der Waals surface area contributed by atoms with Gasteiger partial charge in [0.05, 0.1) is 5.56 Å². The van der Waals surface area contributed by atoms with Gasteiger partial charge in [-0.15, -0.1) is 0 Å². The van der Waals surface area contributed by atoms with Crippen molar-refractivity contribution in [3.63, 3.8) is 0 Å². The van der Waals surface area contributed by atoms with Gasteiger partial charge in [0, 0.05) is 10.5 Å². The predicted octanol–water partition coefficient (Wildman–Crippen LogP) is 3.83. The Hall–Kier alpha value is -1.43. The van der Waals surface area contributed by atoms with Gasteiger partial charge in [0.1, 0.15) is 5.82 Å². The normalized spacial score (nSPS) is 22.3. The first-order chi connectivity index (χ1) is 10.9. The maximum absolute atomic E-state index is 13.7. The summed E-state index contributed by atoms with van der Waals surface area (Å²) >= 11 is 3.12.